The first-order valence-electron chi connectivity index (χ1n) is 8.04. The summed E-state index contributed by atoms with van der Waals surface area (Å²) in [7, 11) is 0. The van der Waals surface area contributed by atoms with Gasteiger partial charge in [-0.1, -0.05) is 0 Å². The molecule has 0 amide bonds. The fraction of sp³-hybridized carbons (Fsp3) is 0.111. The topological polar surface area (TPSA) is 101 Å². The molecule has 3 aromatic rings. The maximum Gasteiger partial charge on any atom is 0.343 e. The molecular formula is C18H10F2N2O6. The number of nitro groups is 1. The van der Waals surface area contributed by atoms with E-state index >= 15 is 0 Å². The number of halogens is 2. The highest BCUT2D eigenvalue weighted by Gasteiger charge is 2.29. The number of nitrogens with zero attached hydrogens (tertiary/aromatic N) is 2. The Kier molecular flexibility index (Phi) is 3.84. The Bertz CT molecular complexity index is 1250. The van der Waals surface area contributed by atoms with Crippen molar-refractivity contribution in [3.63, 3.8) is 0 Å². The zero-order chi connectivity index (χ0) is 20.2. The Labute approximate surface area is 154 Å². The van der Waals surface area contributed by atoms with E-state index in [1.807, 2.05) is 0 Å². The normalized spacial score (nSPS) is 11.7. The van der Waals surface area contributed by atoms with Crippen LogP contribution in [0.4, 0.5) is 14.5 Å². The summed E-state index contributed by atoms with van der Waals surface area (Å²) in [5.41, 5.74) is -1.46. The largest absolute Gasteiger partial charge is 0.462 e. The van der Waals surface area contributed by atoms with Crippen LogP contribution in [0.5, 0.6) is 11.5 Å². The molecule has 1 aromatic heterocycles. The number of carbonyl (C=O) groups is 1. The third-order valence-electron chi connectivity index (χ3n) is 4.26. The number of aromatic nitrogens is 1. The number of fused-ring (bicyclic) bond motifs is 2. The van der Waals surface area contributed by atoms with Crippen LogP contribution in [-0.2, 0) is 4.74 Å². The van der Waals surface area contributed by atoms with Crippen molar-refractivity contribution in [1.82, 2.24) is 4.57 Å². The quantitative estimate of drug-likeness (QED) is 0.303. The molecule has 0 aliphatic carbocycles. The lowest BCUT2D eigenvalue weighted by molar-refractivity contribution is -0.384. The Morgan fingerprint density at radius 2 is 2.07 bits per heavy atom. The number of pyridine rings is 1. The van der Waals surface area contributed by atoms with E-state index < -0.39 is 39.3 Å². The van der Waals surface area contributed by atoms with Crippen LogP contribution in [0.3, 0.4) is 0 Å². The van der Waals surface area contributed by atoms with Gasteiger partial charge in [0.2, 0.25) is 11.2 Å². The molecule has 0 bridgehead atoms. The average molecular weight is 388 g/mol. The second-order valence-electron chi connectivity index (χ2n) is 5.87. The molecule has 8 nitrogen and oxygen atoms in total. The van der Waals surface area contributed by atoms with E-state index in [2.05, 4.69) is 0 Å². The summed E-state index contributed by atoms with van der Waals surface area (Å²) in [6, 6.07) is 4.21. The molecule has 142 valence electrons. The lowest BCUT2D eigenvalue weighted by Gasteiger charge is -2.24. The van der Waals surface area contributed by atoms with E-state index in [-0.39, 0.29) is 34.6 Å². The maximum atomic E-state index is 14.4. The smallest absolute Gasteiger partial charge is 0.343 e. The summed E-state index contributed by atoms with van der Waals surface area (Å²) in [4.78, 5) is 35.2. The first-order valence-corrected chi connectivity index (χ1v) is 8.04. The van der Waals surface area contributed by atoms with Gasteiger partial charge in [-0.3, -0.25) is 14.9 Å². The van der Waals surface area contributed by atoms with Crippen LogP contribution in [0.25, 0.3) is 16.6 Å². The number of ether oxygens (including phenoxy) is 2. The number of esters is 1. The summed E-state index contributed by atoms with van der Waals surface area (Å²) in [6.07, 6.45) is 1.12. The molecule has 0 fully saturated rings. The monoisotopic (exact) mass is 388 g/mol. The first kappa shape index (κ1) is 17.6. The Morgan fingerprint density at radius 1 is 1.32 bits per heavy atom. The van der Waals surface area contributed by atoms with Crippen LogP contribution in [0, 0.1) is 21.7 Å². The number of nitro benzene ring substituents is 1. The van der Waals surface area contributed by atoms with Crippen molar-refractivity contribution in [1.29, 1.82) is 0 Å². The van der Waals surface area contributed by atoms with Gasteiger partial charge >= 0.3 is 5.97 Å². The van der Waals surface area contributed by atoms with Crippen molar-refractivity contribution in [3.8, 4) is 17.2 Å². The van der Waals surface area contributed by atoms with Crippen LogP contribution in [-0.4, -0.2) is 22.1 Å². The standard InChI is InChI=1S/C18H10F2N2O6/c1-2-27-18(24)10-7-21-12-4-3-8(22(25)26)5-13(12)28-17-14(20)11(19)6-9(15(17)21)16(10)23/h3-7H,2H2,1H3. The molecule has 1 aliphatic heterocycles. The number of hydrogen-bond donors (Lipinski definition) is 0. The van der Waals surface area contributed by atoms with Crippen molar-refractivity contribution in [2.75, 3.05) is 6.61 Å². The molecule has 10 heteroatoms. The van der Waals surface area contributed by atoms with Crippen molar-refractivity contribution in [2.24, 2.45) is 0 Å². The molecule has 0 saturated carbocycles. The molecule has 1 aliphatic rings. The zero-order valence-corrected chi connectivity index (χ0v) is 14.2. The minimum Gasteiger partial charge on any atom is -0.462 e. The van der Waals surface area contributed by atoms with Gasteiger partial charge in [0.25, 0.3) is 5.69 Å². The molecule has 0 unspecified atom stereocenters. The minimum absolute atomic E-state index is 0.00519. The molecule has 4 rings (SSSR count). The predicted molar refractivity (Wildman–Crippen MR) is 92.1 cm³/mol. The molecule has 28 heavy (non-hydrogen) atoms. The van der Waals surface area contributed by atoms with Gasteiger partial charge in [0, 0.05) is 12.3 Å². The zero-order valence-electron chi connectivity index (χ0n) is 14.2. The van der Waals surface area contributed by atoms with Gasteiger partial charge in [-0.25, -0.2) is 9.18 Å². The van der Waals surface area contributed by atoms with E-state index in [9.17, 15) is 28.5 Å². The Morgan fingerprint density at radius 3 is 2.75 bits per heavy atom. The number of benzene rings is 2. The van der Waals surface area contributed by atoms with Crippen molar-refractivity contribution in [3.05, 3.63) is 68.0 Å². The van der Waals surface area contributed by atoms with Crippen molar-refractivity contribution in [2.45, 2.75) is 6.92 Å². The van der Waals surface area contributed by atoms with Gasteiger partial charge < -0.3 is 14.0 Å². The average Bonchev–Trinajstić information content (AvgIpc) is 2.67. The Balaban J connectivity index is 2.12. The molecular weight excluding hydrogens is 378 g/mol. The third-order valence-corrected chi connectivity index (χ3v) is 4.26. The fourth-order valence-corrected chi connectivity index (χ4v) is 3.05. The van der Waals surface area contributed by atoms with E-state index in [0.29, 0.717) is 6.07 Å². The number of rotatable bonds is 3. The molecule has 2 heterocycles. The Hall–Kier alpha value is -3.82. The maximum absolute atomic E-state index is 14.4. The molecule has 0 spiro atoms. The number of hydrogen-bond acceptors (Lipinski definition) is 6. The van der Waals surface area contributed by atoms with Crippen LogP contribution in [0.1, 0.15) is 17.3 Å². The van der Waals surface area contributed by atoms with Gasteiger partial charge in [0.15, 0.2) is 17.3 Å². The van der Waals surface area contributed by atoms with E-state index in [1.54, 1.807) is 6.92 Å². The summed E-state index contributed by atoms with van der Waals surface area (Å²) >= 11 is 0. The van der Waals surface area contributed by atoms with E-state index in [1.165, 1.54) is 16.7 Å². The van der Waals surface area contributed by atoms with E-state index in [0.717, 1.165) is 12.3 Å². The number of non-ortho nitro benzene ring substituents is 1. The van der Waals surface area contributed by atoms with E-state index in [4.69, 9.17) is 9.47 Å². The van der Waals surface area contributed by atoms with Crippen molar-refractivity contribution >= 4 is 22.6 Å². The highest BCUT2D eigenvalue weighted by atomic mass is 19.2. The summed E-state index contributed by atoms with van der Waals surface area (Å²) in [5.74, 6) is -4.39. The molecule has 0 atom stereocenters. The SMILES string of the molecule is CCOC(=O)c1cn2c3c(c(F)c(F)cc3c1=O)Oc1cc([N+](=O)[O-])ccc1-2. The minimum atomic E-state index is -1.36. The van der Waals surface area contributed by atoms with Crippen LogP contribution in [0.2, 0.25) is 0 Å². The lowest BCUT2D eigenvalue weighted by Crippen LogP contribution is -2.22. The molecule has 0 saturated heterocycles. The van der Waals surface area contributed by atoms with Gasteiger partial charge in [0.1, 0.15) is 11.1 Å². The molecule has 2 aromatic carbocycles. The highest BCUT2D eigenvalue weighted by molar-refractivity contribution is 5.97. The van der Waals surface area contributed by atoms with Crippen LogP contribution >= 0.6 is 0 Å². The predicted octanol–water partition coefficient (Wildman–Crippen LogP) is 3.46. The summed E-state index contributed by atoms with van der Waals surface area (Å²) < 4.78 is 39.9. The molecule has 0 radical (unpaired) electrons. The van der Waals surface area contributed by atoms with Crippen LogP contribution < -0.4 is 10.2 Å². The van der Waals surface area contributed by atoms with Gasteiger partial charge in [-0.2, -0.15) is 4.39 Å². The third kappa shape index (κ3) is 2.42. The van der Waals surface area contributed by atoms with Crippen molar-refractivity contribution < 1.29 is 28.0 Å². The van der Waals surface area contributed by atoms with Gasteiger partial charge in [-0.05, 0) is 19.1 Å². The van der Waals surface area contributed by atoms with Gasteiger partial charge in [-0.15, -0.1) is 0 Å². The highest BCUT2D eigenvalue weighted by Crippen LogP contribution is 2.43. The second kappa shape index (κ2) is 6.12. The lowest BCUT2D eigenvalue weighted by atomic mass is 10.1. The summed E-state index contributed by atoms with van der Waals surface area (Å²) in [5, 5.41) is 10.7. The summed E-state index contributed by atoms with van der Waals surface area (Å²) in [6.45, 7) is 1.56. The molecule has 0 N–H and O–H groups in total. The first-order chi connectivity index (χ1) is 13.3. The van der Waals surface area contributed by atoms with Crippen LogP contribution in [0.15, 0.2) is 35.3 Å². The second-order valence-corrected chi connectivity index (χ2v) is 5.87. The van der Waals surface area contributed by atoms with Gasteiger partial charge in [0.05, 0.1) is 28.7 Å². The fourth-order valence-electron chi connectivity index (χ4n) is 3.05. The number of carbonyl (C=O) groups excluding carboxylic acids is 1.